The van der Waals surface area contributed by atoms with E-state index in [1.807, 2.05) is 11.8 Å². The van der Waals surface area contributed by atoms with Crippen LogP contribution in [0.5, 0.6) is 0 Å². The molecule has 0 spiro atoms. The molecule has 2 unspecified atom stereocenters. The van der Waals surface area contributed by atoms with Crippen LogP contribution in [0.1, 0.15) is 18.0 Å². The van der Waals surface area contributed by atoms with E-state index in [1.165, 1.54) is 10.5 Å². The largest absolute Gasteiger partial charge is 0.389 e. The van der Waals surface area contributed by atoms with Crippen molar-refractivity contribution in [2.24, 2.45) is 0 Å². The highest BCUT2D eigenvalue weighted by molar-refractivity contribution is 7.99. The van der Waals surface area contributed by atoms with Crippen LogP contribution < -0.4 is 5.32 Å². The summed E-state index contributed by atoms with van der Waals surface area (Å²) < 4.78 is 4.92. The van der Waals surface area contributed by atoms with Crippen LogP contribution in [-0.4, -0.2) is 37.2 Å². The molecule has 0 amide bonds. The van der Waals surface area contributed by atoms with Crippen LogP contribution in [0.15, 0.2) is 29.2 Å². The number of nitrogens with one attached hydrogen (secondary N) is 1. The number of methoxy groups -OCH3 is 1. The molecule has 2 atom stereocenters. The highest BCUT2D eigenvalue weighted by Crippen LogP contribution is 2.35. The number of fused-ring (bicyclic) bond motifs is 1. The number of hydrogen-bond donors (Lipinski definition) is 2. The van der Waals surface area contributed by atoms with Crippen LogP contribution in [-0.2, 0) is 4.74 Å². The molecule has 4 heteroatoms. The van der Waals surface area contributed by atoms with Gasteiger partial charge >= 0.3 is 0 Å². The molecule has 94 valence electrons. The molecule has 0 radical (unpaired) electrons. The Kier molecular flexibility index (Phi) is 4.86. The van der Waals surface area contributed by atoms with Crippen molar-refractivity contribution in [3.8, 4) is 0 Å². The van der Waals surface area contributed by atoms with Gasteiger partial charge in [-0.25, -0.2) is 0 Å². The average Bonchev–Trinajstić information content (AvgIpc) is 2.36. The fourth-order valence-corrected chi connectivity index (χ4v) is 3.21. The lowest BCUT2D eigenvalue weighted by Gasteiger charge is -2.26. The summed E-state index contributed by atoms with van der Waals surface area (Å²) in [5.74, 6) is 1.13. The minimum absolute atomic E-state index is 0.360. The zero-order valence-corrected chi connectivity index (χ0v) is 10.9. The number of thioether (sulfide) groups is 1. The molecule has 1 aromatic rings. The Morgan fingerprint density at radius 2 is 2.35 bits per heavy atom. The fraction of sp³-hybridized carbons (Fsp3) is 0.538. The summed E-state index contributed by atoms with van der Waals surface area (Å²) in [5, 5.41) is 13.1. The molecule has 0 aliphatic carbocycles. The Bertz CT molecular complexity index is 359. The molecule has 0 bridgehead atoms. The molecule has 0 aromatic heterocycles. The van der Waals surface area contributed by atoms with E-state index in [9.17, 15) is 5.11 Å². The topological polar surface area (TPSA) is 41.5 Å². The standard InChI is InChI=1S/C13H19NO2S/c1-16-9-10(15)8-14-12-6-7-17-13-5-3-2-4-11(12)13/h2-5,10,12,14-15H,6-9H2,1H3. The normalized spacial score (nSPS) is 20.9. The van der Waals surface area contributed by atoms with Gasteiger partial charge in [0.05, 0.1) is 12.7 Å². The number of aliphatic hydroxyl groups excluding tert-OH is 1. The first-order valence-corrected chi connectivity index (χ1v) is 6.92. The molecule has 0 saturated heterocycles. The fourth-order valence-electron chi connectivity index (χ4n) is 2.08. The molecular weight excluding hydrogens is 234 g/mol. The highest BCUT2D eigenvalue weighted by Gasteiger charge is 2.20. The molecule has 17 heavy (non-hydrogen) atoms. The predicted octanol–water partition coefficient (Wildman–Crippen LogP) is 1.82. The molecular formula is C13H19NO2S. The summed E-state index contributed by atoms with van der Waals surface area (Å²) in [5.41, 5.74) is 1.35. The van der Waals surface area contributed by atoms with Gasteiger partial charge in [0.25, 0.3) is 0 Å². The Morgan fingerprint density at radius 3 is 3.18 bits per heavy atom. The van der Waals surface area contributed by atoms with Crippen LogP contribution in [0.4, 0.5) is 0 Å². The van der Waals surface area contributed by atoms with E-state index < -0.39 is 6.10 Å². The zero-order valence-electron chi connectivity index (χ0n) is 10.1. The summed E-state index contributed by atoms with van der Waals surface area (Å²) in [6.45, 7) is 0.966. The maximum absolute atomic E-state index is 9.64. The van der Waals surface area contributed by atoms with Crippen LogP contribution >= 0.6 is 11.8 Å². The molecule has 0 saturated carbocycles. The first kappa shape index (κ1) is 12.9. The second kappa shape index (κ2) is 6.40. The first-order valence-electron chi connectivity index (χ1n) is 5.93. The molecule has 0 fully saturated rings. The van der Waals surface area contributed by atoms with Gasteiger partial charge in [0, 0.05) is 24.6 Å². The molecule has 1 aromatic carbocycles. The number of benzene rings is 1. The lowest BCUT2D eigenvalue weighted by Crippen LogP contribution is -2.34. The third-order valence-electron chi connectivity index (χ3n) is 2.92. The number of hydrogen-bond acceptors (Lipinski definition) is 4. The summed E-state index contributed by atoms with van der Waals surface area (Å²) in [4.78, 5) is 1.36. The first-order chi connectivity index (χ1) is 8.31. The van der Waals surface area contributed by atoms with E-state index in [4.69, 9.17) is 4.74 Å². The predicted molar refractivity (Wildman–Crippen MR) is 70.4 cm³/mol. The van der Waals surface area contributed by atoms with Crippen LogP contribution in [0.2, 0.25) is 0 Å². The smallest absolute Gasteiger partial charge is 0.0897 e. The second-order valence-electron chi connectivity index (χ2n) is 4.24. The summed E-state index contributed by atoms with van der Waals surface area (Å²) in [6, 6.07) is 8.85. The monoisotopic (exact) mass is 253 g/mol. The Hall–Kier alpha value is -0.550. The van der Waals surface area contributed by atoms with E-state index >= 15 is 0 Å². The quantitative estimate of drug-likeness (QED) is 0.840. The Balaban J connectivity index is 1.94. The molecule has 1 aliphatic heterocycles. The van der Waals surface area contributed by atoms with Gasteiger partial charge in [0.15, 0.2) is 0 Å². The van der Waals surface area contributed by atoms with E-state index in [2.05, 4.69) is 29.6 Å². The van der Waals surface area contributed by atoms with Crippen LogP contribution in [0, 0.1) is 0 Å². The summed E-state index contributed by atoms with van der Waals surface area (Å²) in [7, 11) is 1.61. The SMILES string of the molecule is COCC(O)CNC1CCSc2ccccc21. The van der Waals surface area contributed by atoms with Crippen molar-refractivity contribution in [2.45, 2.75) is 23.5 Å². The van der Waals surface area contributed by atoms with Crippen molar-refractivity contribution < 1.29 is 9.84 Å². The van der Waals surface area contributed by atoms with Crippen molar-refractivity contribution in [3.63, 3.8) is 0 Å². The third kappa shape index (κ3) is 3.45. The average molecular weight is 253 g/mol. The molecule has 3 nitrogen and oxygen atoms in total. The lowest BCUT2D eigenvalue weighted by atomic mass is 10.0. The van der Waals surface area contributed by atoms with E-state index in [0.29, 0.717) is 19.2 Å². The van der Waals surface area contributed by atoms with Crippen molar-refractivity contribution in [2.75, 3.05) is 26.0 Å². The number of rotatable bonds is 5. The Labute approximate surface area is 107 Å². The zero-order chi connectivity index (χ0) is 12.1. The summed E-state index contributed by atoms with van der Waals surface area (Å²) in [6.07, 6.45) is 0.684. The van der Waals surface area contributed by atoms with Gasteiger partial charge in [-0.05, 0) is 23.8 Å². The van der Waals surface area contributed by atoms with Crippen molar-refractivity contribution >= 4 is 11.8 Å². The van der Waals surface area contributed by atoms with Crippen molar-refractivity contribution in [3.05, 3.63) is 29.8 Å². The summed E-state index contributed by atoms with van der Waals surface area (Å²) >= 11 is 1.91. The Morgan fingerprint density at radius 1 is 1.53 bits per heavy atom. The lowest BCUT2D eigenvalue weighted by molar-refractivity contribution is 0.0625. The molecule has 1 heterocycles. The highest BCUT2D eigenvalue weighted by atomic mass is 32.2. The van der Waals surface area contributed by atoms with Crippen LogP contribution in [0.3, 0.4) is 0 Å². The maximum Gasteiger partial charge on any atom is 0.0897 e. The van der Waals surface area contributed by atoms with Gasteiger partial charge in [0.2, 0.25) is 0 Å². The van der Waals surface area contributed by atoms with E-state index in [1.54, 1.807) is 7.11 Å². The maximum atomic E-state index is 9.64. The van der Waals surface area contributed by atoms with Gasteiger partial charge < -0.3 is 15.2 Å². The molecule has 2 rings (SSSR count). The number of aliphatic hydroxyl groups is 1. The van der Waals surface area contributed by atoms with E-state index in [0.717, 1.165) is 12.2 Å². The van der Waals surface area contributed by atoms with Gasteiger partial charge in [-0.3, -0.25) is 0 Å². The van der Waals surface area contributed by atoms with Gasteiger partial charge in [-0.1, -0.05) is 18.2 Å². The van der Waals surface area contributed by atoms with Crippen molar-refractivity contribution in [1.82, 2.24) is 5.32 Å². The molecule has 2 N–H and O–H groups in total. The van der Waals surface area contributed by atoms with Crippen LogP contribution in [0.25, 0.3) is 0 Å². The second-order valence-corrected chi connectivity index (χ2v) is 5.38. The van der Waals surface area contributed by atoms with Gasteiger partial charge in [0.1, 0.15) is 0 Å². The number of ether oxygens (including phenoxy) is 1. The minimum atomic E-state index is -0.429. The third-order valence-corrected chi connectivity index (χ3v) is 4.04. The van der Waals surface area contributed by atoms with Crippen molar-refractivity contribution in [1.29, 1.82) is 0 Å². The van der Waals surface area contributed by atoms with E-state index in [-0.39, 0.29) is 0 Å². The van der Waals surface area contributed by atoms with Gasteiger partial charge in [-0.15, -0.1) is 11.8 Å². The minimum Gasteiger partial charge on any atom is -0.389 e. The van der Waals surface area contributed by atoms with Gasteiger partial charge in [-0.2, -0.15) is 0 Å². The molecule has 1 aliphatic rings.